The van der Waals surface area contributed by atoms with Gasteiger partial charge in [-0.2, -0.15) is 0 Å². The standard InChI is InChI=1S/C9H12ClNO2/c1-9(2,11-8(12)6-10)7-4-3-5-13-7/h3-5H,6H2,1-2H3,(H,11,12). The minimum absolute atomic E-state index is 0.0376. The lowest BCUT2D eigenvalue weighted by Crippen LogP contribution is -2.41. The summed E-state index contributed by atoms with van der Waals surface area (Å²) in [7, 11) is 0. The Morgan fingerprint density at radius 3 is 2.85 bits per heavy atom. The molecule has 1 N–H and O–H groups in total. The minimum atomic E-state index is -0.504. The quantitative estimate of drug-likeness (QED) is 0.759. The van der Waals surface area contributed by atoms with E-state index in [1.54, 1.807) is 12.3 Å². The van der Waals surface area contributed by atoms with Gasteiger partial charge in [-0.3, -0.25) is 4.79 Å². The van der Waals surface area contributed by atoms with Crippen LogP contribution in [0.25, 0.3) is 0 Å². The summed E-state index contributed by atoms with van der Waals surface area (Å²) in [5, 5.41) is 2.74. The third kappa shape index (κ3) is 2.49. The maximum atomic E-state index is 11.0. The molecule has 3 nitrogen and oxygen atoms in total. The smallest absolute Gasteiger partial charge is 0.235 e. The summed E-state index contributed by atoms with van der Waals surface area (Å²) in [6.07, 6.45) is 1.57. The molecule has 0 saturated carbocycles. The first kappa shape index (κ1) is 10.1. The van der Waals surface area contributed by atoms with Gasteiger partial charge in [0.05, 0.1) is 11.8 Å². The molecule has 0 bridgehead atoms. The van der Waals surface area contributed by atoms with Crippen molar-refractivity contribution in [3.63, 3.8) is 0 Å². The lowest BCUT2D eigenvalue weighted by Gasteiger charge is -2.23. The average Bonchev–Trinajstić information content (AvgIpc) is 2.55. The number of carbonyl (C=O) groups excluding carboxylic acids is 1. The van der Waals surface area contributed by atoms with Gasteiger partial charge in [0.25, 0.3) is 0 Å². The molecular weight excluding hydrogens is 190 g/mol. The molecule has 4 heteroatoms. The Morgan fingerprint density at radius 2 is 2.38 bits per heavy atom. The van der Waals surface area contributed by atoms with Crippen LogP contribution in [-0.4, -0.2) is 11.8 Å². The first-order chi connectivity index (χ1) is 6.06. The molecule has 1 heterocycles. The zero-order valence-electron chi connectivity index (χ0n) is 7.63. The second kappa shape index (κ2) is 3.83. The fraction of sp³-hybridized carbons (Fsp3) is 0.444. The van der Waals surface area contributed by atoms with Crippen LogP contribution in [0.15, 0.2) is 22.8 Å². The third-order valence-corrected chi connectivity index (χ3v) is 1.95. The van der Waals surface area contributed by atoms with Gasteiger partial charge in [0, 0.05) is 0 Å². The number of amides is 1. The van der Waals surface area contributed by atoms with E-state index in [2.05, 4.69) is 5.32 Å². The van der Waals surface area contributed by atoms with E-state index in [9.17, 15) is 4.79 Å². The summed E-state index contributed by atoms with van der Waals surface area (Å²) in [5.74, 6) is 0.471. The summed E-state index contributed by atoms with van der Waals surface area (Å²) in [4.78, 5) is 11.0. The molecule has 0 aliphatic carbocycles. The summed E-state index contributed by atoms with van der Waals surface area (Å²) in [5.41, 5.74) is -0.504. The van der Waals surface area contributed by atoms with Gasteiger partial charge >= 0.3 is 0 Å². The first-order valence-corrected chi connectivity index (χ1v) is 4.50. The Balaban J connectivity index is 2.72. The molecule has 1 rings (SSSR count). The van der Waals surface area contributed by atoms with Crippen LogP contribution in [-0.2, 0) is 10.3 Å². The summed E-state index contributed by atoms with van der Waals surface area (Å²) in [6.45, 7) is 3.71. The van der Waals surface area contributed by atoms with Gasteiger partial charge < -0.3 is 9.73 Å². The highest BCUT2D eigenvalue weighted by molar-refractivity contribution is 6.27. The average molecular weight is 202 g/mol. The van der Waals surface area contributed by atoms with Crippen LogP contribution in [0, 0.1) is 0 Å². The number of furan rings is 1. The number of alkyl halides is 1. The molecular formula is C9H12ClNO2. The topological polar surface area (TPSA) is 42.2 Å². The van der Waals surface area contributed by atoms with Gasteiger partial charge in [-0.1, -0.05) is 0 Å². The van der Waals surface area contributed by atoms with Crippen LogP contribution in [0.3, 0.4) is 0 Å². The molecule has 0 aliphatic heterocycles. The van der Waals surface area contributed by atoms with Crippen LogP contribution < -0.4 is 5.32 Å². The van der Waals surface area contributed by atoms with E-state index in [4.69, 9.17) is 16.0 Å². The molecule has 0 aromatic carbocycles. The van der Waals surface area contributed by atoms with Crippen molar-refractivity contribution in [1.29, 1.82) is 0 Å². The van der Waals surface area contributed by atoms with E-state index in [0.29, 0.717) is 5.76 Å². The van der Waals surface area contributed by atoms with E-state index >= 15 is 0 Å². The third-order valence-electron chi connectivity index (χ3n) is 1.71. The van der Waals surface area contributed by atoms with Crippen LogP contribution in [0.5, 0.6) is 0 Å². The SMILES string of the molecule is CC(C)(NC(=O)CCl)c1ccco1. The lowest BCUT2D eigenvalue weighted by atomic mass is 10.0. The molecule has 1 amide bonds. The van der Waals surface area contributed by atoms with E-state index < -0.39 is 5.54 Å². The first-order valence-electron chi connectivity index (χ1n) is 3.97. The van der Waals surface area contributed by atoms with Gasteiger partial charge in [-0.05, 0) is 26.0 Å². The molecule has 13 heavy (non-hydrogen) atoms. The number of rotatable bonds is 3. The Labute approximate surface area is 82.1 Å². The van der Waals surface area contributed by atoms with Gasteiger partial charge in [0.2, 0.25) is 5.91 Å². The molecule has 0 spiro atoms. The van der Waals surface area contributed by atoms with Crippen LogP contribution >= 0.6 is 11.6 Å². The van der Waals surface area contributed by atoms with Crippen molar-refractivity contribution in [3.05, 3.63) is 24.2 Å². The van der Waals surface area contributed by atoms with E-state index in [1.165, 1.54) is 0 Å². The van der Waals surface area contributed by atoms with E-state index in [-0.39, 0.29) is 11.8 Å². The van der Waals surface area contributed by atoms with Crippen molar-refractivity contribution < 1.29 is 9.21 Å². The number of hydrogen-bond donors (Lipinski definition) is 1. The number of halogens is 1. The Kier molecular flexibility index (Phi) is 2.98. The molecule has 0 aliphatic rings. The lowest BCUT2D eigenvalue weighted by molar-refractivity contribution is -0.120. The molecule has 72 valence electrons. The van der Waals surface area contributed by atoms with Gasteiger partial charge in [0.15, 0.2) is 0 Å². The second-order valence-corrected chi connectivity index (χ2v) is 3.55. The van der Waals surface area contributed by atoms with Crippen LogP contribution in [0.1, 0.15) is 19.6 Å². The number of carbonyl (C=O) groups is 1. The molecule has 0 atom stereocenters. The minimum Gasteiger partial charge on any atom is -0.467 e. The number of hydrogen-bond acceptors (Lipinski definition) is 2. The molecule has 0 radical (unpaired) electrons. The van der Waals surface area contributed by atoms with Crippen molar-refractivity contribution in [3.8, 4) is 0 Å². The van der Waals surface area contributed by atoms with Crippen molar-refractivity contribution in [1.82, 2.24) is 5.32 Å². The maximum absolute atomic E-state index is 11.0. The maximum Gasteiger partial charge on any atom is 0.235 e. The summed E-state index contributed by atoms with van der Waals surface area (Å²) in [6, 6.07) is 3.60. The van der Waals surface area contributed by atoms with Crippen molar-refractivity contribution >= 4 is 17.5 Å². The number of nitrogens with one attached hydrogen (secondary N) is 1. The van der Waals surface area contributed by atoms with Crippen molar-refractivity contribution in [2.75, 3.05) is 5.88 Å². The molecule has 0 saturated heterocycles. The zero-order valence-corrected chi connectivity index (χ0v) is 8.39. The largest absolute Gasteiger partial charge is 0.467 e. The zero-order chi connectivity index (χ0) is 9.90. The van der Waals surface area contributed by atoms with E-state index in [0.717, 1.165) is 0 Å². The van der Waals surface area contributed by atoms with Crippen LogP contribution in [0.4, 0.5) is 0 Å². The fourth-order valence-electron chi connectivity index (χ4n) is 1.08. The highest BCUT2D eigenvalue weighted by Crippen LogP contribution is 2.19. The van der Waals surface area contributed by atoms with Gasteiger partial charge in [-0.25, -0.2) is 0 Å². The highest BCUT2D eigenvalue weighted by Gasteiger charge is 2.24. The van der Waals surface area contributed by atoms with E-state index in [1.807, 2.05) is 19.9 Å². The molecule has 0 unspecified atom stereocenters. The summed E-state index contributed by atoms with van der Waals surface area (Å²) < 4.78 is 5.19. The van der Waals surface area contributed by atoms with Crippen LogP contribution in [0.2, 0.25) is 0 Å². The highest BCUT2D eigenvalue weighted by atomic mass is 35.5. The Hall–Kier alpha value is -0.960. The van der Waals surface area contributed by atoms with Gasteiger partial charge in [0.1, 0.15) is 11.6 Å². The Bertz CT molecular complexity index is 280. The van der Waals surface area contributed by atoms with Crippen molar-refractivity contribution in [2.24, 2.45) is 0 Å². The van der Waals surface area contributed by atoms with Gasteiger partial charge in [-0.15, -0.1) is 11.6 Å². The normalized spacial score (nSPS) is 11.3. The predicted molar refractivity (Wildman–Crippen MR) is 50.6 cm³/mol. The Morgan fingerprint density at radius 1 is 1.69 bits per heavy atom. The summed E-state index contributed by atoms with van der Waals surface area (Å²) >= 11 is 5.38. The second-order valence-electron chi connectivity index (χ2n) is 3.28. The molecule has 1 aromatic rings. The molecule has 0 fully saturated rings. The monoisotopic (exact) mass is 201 g/mol. The molecule has 1 aromatic heterocycles. The predicted octanol–water partition coefficient (Wildman–Crippen LogP) is 1.87. The van der Waals surface area contributed by atoms with Crippen molar-refractivity contribution in [2.45, 2.75) is 19.4 Å². The fourth-order valence-corrected chi connectivity index (χ4v) is 1.14.